The van der Waals surface area contributed by atoms with Crippen LogP contribution in [0, 0.1) is 0 Å². The van der Waals surface area contributed by atoms with E-state index in [0.29, 0.717) is 17.2 Å². The van der Waals surface area contributed by atoms with E-state index >= 15 is 0 Å². The van der Waals surface area contributed by atoms with Gasteiger partial charge in [0.2, 0.25) is 0 Å². The van der Waals surface area contributed by atoms with Crippen molar-refractivity contribution >= 4 is 16.4 Å². The normalized spacial score (nSPS) is 23.1. The van der Waals surface area contributed by atoms with Gasteiger partial charge in [-0.3, -0.25) is 0 Å². The van der Waals surface area contributed by atoms with E-state index in [1.54, 1.807) is 0 Å². The monoisotopic (exact) mass is 398 g/mol. The van der Waals surface area contributed by atoms with Gasteiger partial charge in [0.05, 0.1) is 19.9 Å². The summed E-state index contributed by atoms with van der Waals surface area (Å²) in [5.41, 5.74) is 0.333. The van der Waals surface area contributed by atoms with Crippen molar-refractivity contribution in [2.45, 2.75) is 102 Å². The zero-order valence-corrected chi connectivity index (χ0v) is 20.3. The fraction of sp³-hybridized carbons (Fsp3) is 0.810. The molecule has 0 spiro atoms. The molecular formula is C21H42O3Si2. The highest BCUT2D eigenvalue weighted by atomic mass is 28.4. The maximum absolute atomic E-state index is 10.2. The molecule has 0 saturated carbocycles. The van der Waals surface area contributed by atoms with Crippen LogP contribution in [0.2, 0.25) is 37.8 Å². The second kappa shape index (κ2) is 9.83. The summed E-state index contributed by atoms with van der Waals surface area (Å²) in [6, 6.07) is 0. The molecule has 1 aliphatic rings. The summed E-state index contributed by atoms with van der Waals surface area (Å²) in [6.07, 6.45) is 12.2. The summed E-state index contributed by atoms with van der Waals surface area (Å²) in [4.78, 5) is 0. The minimum Gasteiger partial charge on any atom is -0.417 e. The van der Waals surface area contributed by atoms with Crippen molar-refractivity contribution in [3.63, 3.8) is 0 Å². The molecule has 1 N–H and O–H groups in total. The molecular weight excluding hydrogens is 356 g/mol. The molecule has 5 heteroatoms. The second-order valence-corrected chi connectivity index (χ2v) is 20.2. The first-order chi connectivity index (χ1) is 11.9. The Labute approximate surface area is 164 Å². The minimum absolute atomic E-state index is 0.0720. The third kappa shape index (κ3) is 8.21. The van der Waals surface area contributed by atoms with Crippen LogP contribution in [0.5, 0.6) is 0 Å². The largest absolute Gasteiger partial charge is 0.417 e. The van der Waals surface area contributed by atoms with Crippen molar-refractivity contribution < 1.29 is 14.3 Å². The number of aliphatic hydroxyl groups is 1. The molecule has 1 aliphatic heterocycles. The molecule has 3 nitrogen and oxygen atoms in total. The van der Waals surface area contributed by atoms with Gasteiger partial charge in [0, 0.05) is 6.61 Å². The van der Waals surface area contributed by atoms with Crippen molar-refractivity contribution in [1.29, 1.82) is 0 Å². The number of aliphatic hydroxyl groups excluding tert-OH is 1. The number of ether oxygens (including phenoxy) is 1. The molecule has 0 bridgehead atoms. The second-order valence-electron chi connectivity index (χ2n) is 10.1. The Kier molecular flexibility index (Phi) is 9.01. The Morgan fingerprint density at radius 1 is 1.04 bits per heavy atom. The van der Waals surface area contributed by atoms with Crippen molar-refractivity contribution in [3.05, 3.63) is 24.3 Å². The van der Waals surface area contributed by atoms with Crippen molar-refractivity contribution in [2.24, 2.45) is 0 Å². The molecule has 152 valence electrons. The van der Waals surface area contributed by atoms with Crippen LogP contribution >= 0.6 is 0 Å². The van der Waals surface area contributed by atoms with E-state index in [9.17, 15) is 5.11 Å². The Morgan fingerprint density at radius 3 is 2.19 bits per heavy atom. The molecule has 1 rings (SSSR count). The fourth-order valence-corrected chi connectivity index (χ4v) is 5.48. The fourth-order valence-electron chi connectivity index (χ4n) is 2.62. The maximum Gasteiger partial charge on any atom is 0.191 e. The van der Waals surface area contributed by atoms with Gasteiger partial charge in [0.25, 0.3) is 0 Å². The van der Waals surface area contributed by atoms with E-state index < -0.39 is 16.4 Å². The summed E-state index contributed by atoms with van der Waals surface area (Å²) < 4.78 is 11.9. The minimum atomic E-state index is -1.59. The lowest BCUT2D eigenvalue weighted by Gasteiger charge is -2.36. The predicted molar refractivity (Wildman–Crippen MR) is 118 cm³/mol. The zero-order valence-electron chi connectivity index (χ0n) is 18.3. The van der Waals surface area contributed by atoms with E-state index in [2.05, 4.69) is 77.8 Å². The average Bonchev–Trinajstić information content (AvgIpc) is 3.28. The molecule has 0 aromatic heterocycles. The standard InChI is InChI=1S/C21H42O3Si2/c1-21(2,3)26(7,8)23-17-15-13-11-9-10-12-14-16-18(22)19-20(24-19)25(4,5)6/h9,11-12,14,18-20,22H,10,13,15-17H2,1-8H3/b11-9-,14-12-. The lowest BCUT2D eigenvalue weighted by atomic mass is 10.2. The van der Waals surface area contributed by atoms with Crippen LogP contribution in [0.25, 0.3) is 0 Å². The zero-order chi connectivity index (χ0) is 20.0. The Morgan fingerprint density at radius 2 is 1.65 bits per heavy atom. The van der Waals surface area contributed by atoms with Crippen LogP contribution in [0.15, 0.2) is 24.3 Å². The molecule has 1 heterocycles. The first-order valence-electron chi connectivity index (χ1n) is 10.1. The third-order valence-corrected chi connectivity index (χ3v) is 12.2. The number of epoxide rings is 1. The van der Waals surface area contributed by atoms with Gasteiger partial charge in [-0.2, -0.15) is 0 Å². The summed E-state index contributed by atoms with van der Waals surface area (Å²) in [6.45, 7) is 19.2. The number of allylic oxidation sites excluding steroid dienone is 3. The van der Waals surface area contributed by atoms with Gasteiger partial charge in [-0.15, -0.1) is 0 Å². The van der Waals surface area contributed by atoms with E-state index in [4.69, 9.17) is 9.16 Å². The Bertz CT molecular complexity index is 473. The average molecular weight is 399 g/mol. The van der Waals surface area contributed by atoms with Gasteiger partial charge in [-0.1, -0.05) is 64.7 Å². The Hall–Kier alpha value is -0.206. The molecule has 1 saturated heterocycles. The first kappa shape index (κ1) is 23.8. The summed E-state index contributed by atoms with van der Waals surface area (Å²) in [5.74, 6) is 0. The van der Waals surface area contributed by atoms with Crippen LogP contribution in [0.1, 0.15) is 46.5 Å². The van der Waals surface area contributed by atoms with Gasteiger partial charge in [-0.25, -0.2) is 0 Å². The lowest BCUT2D eigenvalue weighted by molar-refractivity contribution is 0.138. The molecule has 26 heavy (non-hydrogen) atoms. The van der Waals surface area contributed by atoms with E-state index in [-0.39, 0.29) is 12.2 Å². The molecule has 0 radical (unpaired) electrons. The molecule has 0 amide bonds. The number of hydrogen-bond donors (Lipinski definition) is 1. The topological polar surface area (TPSA) is 42.0 Å². The van der Waals surface area contributed by atoms with Gasteiger partial charge >= 0.3 is 0 Å². The summed E-state index contributed by atoms with van der Waals surface area (Å²) >= 11 is 0. The predicted octanol–water partition coefficient (Wildman–Crippen LogP) is 5.69. The molecule has 0 aromatic carbocycles. The summed E-state index contributed by atoms with van der Waals surface area (Å²) in [5, 5.41) is 10.5. The van der Waals surface area contributed by atoms with Crippen LogP contribution in [-0.4, -0.2) is 46.0 Å². The van der Waals surface area contributed by atoms with E-state index in [0.717, 1.165) is 25.9 Å². The molecule has 0 aliphatic carbocycles. The van der Waals surface area contributed by atoms with Crippen molar-refractivity contribution in [2.75, 3.05) is 6.61 Å². The van der Waals surface area contributed by atoms with Gasteiger partial charge in [0.1, 0.15) is 6.10 Å². The van der Waals surface area contributed by atoms with E-state index in [1.165, 1.54) is 0 Å². The highest BCUT2D eigenvalue weighted by molar-refractivity contribution is 6.78. The maximum atomic E-state index is 10.2. The molecule has 0 aromatic rings. The quantitative estimate of drug-likeness (QED) is 0.210. The molecule has 3 atom stereocenters. The van der Waals surface area contributed by atoms with Crippen molar-refractivity contribution in [1.82, 2.24) is 0 Å². The van der Waals surface area contributed by atoms with Gasteiger partial charge < -0.3 is 14.3 Å². The number of rotatable bonds is 11. The highest BCUT2D eigenvalue weighted by Gasteiger charge is 2.51. The van der Waals surface area contributed by atoms with Gasteiger partial charge in [-0.05, 0) is 43.8 Å². The lowest BCUT2D eigenvalue weighted by Crippen LogP contribution is -2.40. The smallest absolute Gasteiger partial charge is 0.191 e. The number of unbranched alkanes of at least 4 members (excludes halogenated alkanes) is 1. The highest BCUT2D eigenvalue weighted by Crippen LogP contribution is 2.36. The molecule has 3 unspecified atom stereocenters. The van der Waals surface area contributed by atoms with Crippen molar-refractivity contribution in [3.8, 4) is 0 Å². The van der Waals surface area contributed by atoms with Crippen LogP contribution < -0.4 is 0 Å². The third-order valence-electron chi connectivity index (χ3n) is 5.53. The van der Waals surface area contributed by atoms with Crippen LogP contribution in [0.4, 0.5) is 0 Å². The number of hydrogen-bond acceptors (Lipinski definition) is 3. The van der Waals surface area contributed by atoms with E-state index in [1.807, 2.05) is 0 Å². The van der Waals surface area contributed by atoms with Gasteiger partial charge in [0.15, 0.2) is 8.32 Å². The first-order valence-corrected chi connectivity index (χ1v) is 16.6. The van der Waals surface area contributed by atoms with Crippen LogP contribution in [-0.2, 0) is 9.16 Å². The SMILES string of the molecule is CC(C)(C)[Si](C)(C)OCCC/C=C\C/C=C\CC(O)C1OC1[Si](C)(C)C. The Balaban J connectivity index is 2.08. The summed E-state index contributed by atoms with van der Waals surface area (Å²) in [7, 11) is -2.86. The molecule has 1 fully saturated rings. The van der Waals surface area contributed by atoms with Crippen LogP contribution in [0.3, 0.4) is 0 Å².